The standard InChI is InChI=1S/C15H16O5S/c1-9(16)14(15(18)19-2)20-12-7-10(6-11(17)8-12)13-4-3-5-21-13/h3-5,8,10,16H,6-7H2,1-2H3/b14-9+/t10-/m0/s1. The summed E-state index contributed by atoms with van der Waals surface area (Å²) in [6, 6.07) is 3.90. The van der Waals surface area contributed by atoms with Crippen LogP contribution in [0, 0.1) is 0 Å². The van der Waals surface area contributed by atoms with Crippen molar-refractivity contribution in [1.82, 2.24) is 0 Å². The van der Waals surface area contributed by atoms with Crippen LogP contribution < -0.4 is 0 Å². The number of hydrogen-bond acceptors (Lipinski definition) is 6. The van der Waals surface area contributed by atoms with Crippen LogP contribution >= 0.6 is 11.3 Å². The summed E-state index contributed by atoms with van der Waals surface area (Å²) in [5.41, 5.74) is 0. The number of rotatable bonds is 4. The summed E-state index contributed by atoms with van der Waals surface area (Å²) in [5.74, 6) is -1.01. The summed E-state index contributed by atoms with van der Waals surface area (Å²) in [6.45, 7) is 1.33. The van der Waals surface area contributed by atoms with Crippen LogP contribution in [0.4, 0.5) is 0 Å². The number of aliphatic hydroxyl groups is 1. The normalized spacial score (nSPS) is 19.6. The molecule has 0 unspecified atom stereocenters. The summed E-state index contributed by atoms with van der Waals surface area (Å²) in [4.78, 5) is 24.5. The van der Waals surface area contributed by atoms with Gasteiger partial charge in [0.2, 0.25) is 5.76 Å². The number of carbonyl (C=O) groups excluding carboxylic acids is 2. The Balaban J connectivity index is 2.18. The van der Waals surface area contributed by atoms with E-state index in [0.29, 0.717) is 18.6 Å². The molecule has 2 rings (SSSR count). The van der Waals surface area contributed by atoms with Crippen molar-refractivity contribution in [2.75, 3.05) is 7.11 Å². The van der Waals surface area contributed by atoms with E-state index < -0.39 is 5.97 Å². The molecule has 1 aromatic heterocycles. The molecule has 1 aromatic rings. The molecule has 1 aliphatic rings. The van der Waals surface area contributed by atoms with Crippen molar-refractivity contribution >= 4 is 23.1 Å². The summed E-state index contributed by atoms with van der Waals surface area (Å²) < 4.78 is 9.95. The molecule has 5 nitrogen and oxygen atoms in total. The third-order valence-corrected chi connectivity index (χ3v) is 4.13. The SMILES string of the molecule is COC(=O)/C(OC1=CC(=O)C[C@H](c2cccs2)C1)=C(/C)O. The molecule has 1 N–H and O–H groups in total. The topological polar surface area (TPSA) is 72.8 Å². The Bertz CT molecular complexity index is 594. The van der Waals surface area contributed by atoms with Gasteiger partial charge >= 0.3 is 5.97 Å². The van der Waals surface area contributed by atoms with Crippen molar-refractivity contribution in [2.45, 2.75) is 25.7 Å². The minimum atomic E-state index is -0.776. The van der Waals surface area contributed by atoms with Crippen LogP contribution in [0.5, 0.6) is 0 Å². The predicted molar refractivity (Wildman–Crippen MR) is 77.8 cm³/mol. The Labute approximate surface area is 126 Å². The van der Waals surface area contributed by atoms with Gasteiger partial charge in [0.25, 0.3) is 0 Å². The quantitative estimate of drug-likeness (QED) is 0.526. The van der Waals surface area contributed by atoms with Gasteiger partial charge in [0.1, 0.15) is 11.5 Å². The van der Waals surface area contributed by atoms with E-state index in [1.807, 2.05) is 17.5 Å². The van der Waals surface area contributed by atoms with Gasteiger partial charge in [0, 0.05) is 29.7 Å². The smallest absolute Gasteiger partial charge is 0.377 e. The lowest BCUT2D eigenvalue weighted by molar-refractivity contribution is -0.140. The zero-order valence-corrected chi connectivity index (χ0v) is 12.6. The highest BCUT2D eigenvalue weighted by molar-refractivity contribution is 7.10. The number of ketones is 1. The number of methoxy groups -OCH3 is 1. The molecule has 1 aliphatic carbocycles. The number of allylic oxidation sites excluding steroid dienone is 3. The minimum absolute atomic E-state index is 0.0374. The monoisotopic (exact) mass is 308 g/mol. The molecule has 0 saturated carbocycles. The van der Waals surface area contributed by atoms with Crippen LogP contribution in [0.15, 0.2) is 40.9 Å². The summed E-state index contributed by atoms with van der Waals surface area (Å²) in [7, 11) is 1.20. The van der Waals surface area contributed by atoms with Gasteiger partial charge in [-0.3, -0.25) is 4.79 Å². The molecule has 0 fully saturated rings. The number of ether oxygens (including phenoxy) is 2. The lowest BCUT2D eigenvalue weighted by atomic mass is 9.91. The second-order valence-electron chi connectivity index (χ2n) is 4.71. The first-order valence-electron chi connectivity index (χ1n) is 6.44. The van der Waals surface area contributed by atoms with E-state index in [1.54, 1.807) is 11.3 Å². The number of aliphatic hydroxyl groups excluding tert-OH is 1. The zero-order chi connectivity index (χ0) is 15.4. The molecule has 0 aliphatic heterocycles. The van der Waals surface area contributed by atoms with Crippen LogP contribution in [0.1, 0.15) is 30.6 Å². The maximum atomic E-state index is 11.8. The van der Waals surface area contributed by atoms with Gasteiger partial charge in [-0.25, -0.2) is 4.79 Å². The van der Waals surface area contributed by atoms with Crippen LogP contribution in [-0.4, -0.2) is 24.0 Å². The first kappa shape index (κ1) is 15.3. The third kappa shape index (κ3) is 3.72. The number of esters is 1. The molecule has 1 heterocycles. The first-order valence-corrected chi connectivity index (χ1v) is 7.32. The van der Waals surface area contributed by atoms with Crippen molar-refractivity contribution in [3.05, 3.63) is 45.7 Å². The maximum absolute atomic E-state index is 11.8. The summed E-state index contributed by atoms with van der Waals surface area (Å²) in [6.07, 6.45) is 2.29. The molecular weight excluding hydrogens is 292 g/mol. The minimum Gasteiger partial charge on any atom is -0.508 e. The second-order valence-corrected chi connectivity index (χ2v) is 5.69. The van der Waals surface area contributed by atoms with Crippen LogP contribution in [0.2, 0.25) is 0 Å². The Kier molecular flexibility index (Phi) is 4.80. The summed E-state index contributed by atoms with van der Waals surface area (Å²) >= 11 is 1.58. The van der Waals surface area contributed by atoms with Crippen molar-refractivity contribution in [2.24, 2.45) is 0 Å². The van der Waals surface area contributed by atoms with Crippen LogP contribution in [0.3, 0.4) is 0 Å². The fraction of sp³-hybridized carbons (Fsp3) is 0.333. The van der Waals surface area contributed by atoms with Crippen LogP contribution in [-0.2, 0) is 19.1 Å². The van der Waals surface area contributed by atoms with E-state index in [2.05, 4.69) is 4.74 Å². The number of carbonyl (C=O) groups is 2. The van der Waals surface area contributed by atoms with Gasteiger partial charge in [-0.1, -0.05) is 6.07 Å². The Morgan fingerprint density at radius 3 is 2.76 bits per heavy atom. The molecular formula is C15H16O5S. The molecule has 6 heteroatoms. The van der Waals surface area contributed by atoms with Gasteiger partial charge in [-0.05, 0) is 18.4 Å². The van der Waals surface area contributed by atoms with Gasteiger partial charge < -0.3 is 14.6 Å². The molecule has 0 aromatic carbocycles. The van der Waals surface area contributed by atoms with E-state index in [-0.39, 0.29) is 23.2 Å². The zero-order valence-electron chi connectivity index (χ0n) is 11.8. The first-order chi connectivity index (χ1) is 10.0. The lowest BCUT2D eigenvalue weighted by Crippen LogP contribution is -2.16. The van der Waals surface area contributed by atoms with E-state index >= 15 is 0 Å². The highest BCUT2D eigenvalue weighted by Gasteiger charge is 2.26. The predicted octanol–water partition coefficient (Wildman–Crippen LogP) is 3.06. The lowest BCUT2D eigenvalue weighted by Gasteiger charge is -2.21. The molecule has 21 heavy (non-hydrogen) atoms. The summed E-state index contributed by atoms with van der Waals surface area (Å²) in [5, 5.41) is 11.5. The molecule has 0 radical (unpaired) electrons. The third-order valence-electron chi connectivity index (χ3n) is 3.10. The largest absolute Gasteiger partial charge is 0.508 e. The van der Waals surface area contributed by atoms with Crippen LogP contribution in [0.25, 0.3) is 0 Å². The Morgan fingerprint density at radius 1 is 1.43 bits per heavy atom. The average Bonchev–Trinajstić information content (AvgIpc) is 2.97. The fourth-order valence-electron chi connectivity index (χ4n) is 2.14. The molecule has 0 amide bonds. The van der Waals surface area contributed by atoms with Gasteiger partial charge in [-0.2, -0.15) is 0 Å². The van der Waals surface area contributed by atoms with E-state index in [4.69, 9.17) is 4.74 Å². The van der Waals surface area contributed by atoms with Crippen molar-refractivity contribution in [3.63, 3.8) is 0 Å². The number of hydrogen-bond donors (Lipinski definition) is 1. The van der Waals surface area contributed by atoms with Gasteiger partial charge in [0.15, 0.2) is 5.78 Å². The van der Waals surface area contributed by atoms with E-state index in [0.717, 1.165) is 4.88 Å². The molecule has 1 atom stereocenters. The van der Waals surface area contributed by atoms with E-state index in [9.17, 15) is 14.7 Å². The Hall–Kier alpha value is -2.08. The highest BCUT2D eigenvalue weighted by Crippen LogP contribution is 2.35. The highest BCUT2D eigenvalue weighted by atomic mass is 32.1. The molecule has 112 valence electrons. The van der Waals surface area contributed by atoms with Crippen molar-refractivity contribution in [1.29, 1.82) is 0 Å². The fourth-order valence-corrected chi connectivity index (χ4v) is 2.97. The van der Waals surface area contributed by atoms with Gasteiger partial charge in [0.05, 0.1) is 7.11 Å². The number of thiophene rings is 1. The average molecular weight is 308 g/mol. The molecule has 0 spiro atoms. The second kappa shape index (κ2) is 6.58. The Morgan fingerprint density at radius 2 is 2.19 bits per heavy atom. The van der Waals surface area contributed by atoms with Gasteiger partial charge in [-0.15, -0.1) is 11.3 Å². The van der Waals surface area contributed by atoms with Crippen molar-refractivity contribution in [3.8, 4) is 0 Å². The molecule has 0 bridgehead atoms. The maximum Gasteiger partial charge on any atom is 0.377 e. The van der Waals surface area contributed by atoms with E-state index in [1.165, 1.54) is 20.1 Å². The molecule has 0 saturated heterocycles. The van der Waals surface area contributed by atoms with Crippen molar-refractivity contribution < 1.29 is 24.2 Å².